The smallest absolute Gasteiger partial charge is 0.229 e. The number of furan rings is 1. The molecule has 0 fully saturated rings. The summed E-state index contributed by atoms with van der Waals surface area (Å²) in [5.74, 6) is 0.929. The van der Waals surface area contributed by atoms with Crippen molar-refractivity contribution < 1.29 is 9.21 Å². The van der Waals surface area contributed by atoms with Crippen LogP contribution in [-0.4, -0.2) is 5.78 Å². The van der Waals surface area contributed by atoms with Gasteiger partial charge >= 0.3 is 0 Å². The SMILES string of the molecule is Cc1ccc(C(=O)c2cc(Cl)ccc2I)o1. The maximum Gasteiger partial charge on any atom is 0.229 e. The summed E-state index contributed by atoms with van der Waals surface area (Å²) in [6.07, 6.45) is 0. The van der Waals surface area contributed by atoms with Crippen LogP contribution in [-0.2, 0) is 0 Å². The van der Waals surface area contributed by atoms with Gasteiger partial charge in [0.15, 0.2) is 5.76 Å². The Morgan fingerprint density at radius 2 is 2.06 bits per heavy atom. The van der Waals surface area contributed by atoms with E-state index in [0.717, 1.165) is 9.33 Å². The molecule has 0 aliphatic rings. The Kier molecular flexibility index (Phi) is 3.35. The Balaban J connectivity index is 2.45. The standard InChI is InChI=1S/C12H8ClIO2/c1-7-2-5-11(16-7)12(15)9-6-8(13)3-4-10(9)14/h2-6H,1H3. The molecular weight excluding hydrogens is 338 g/mol. The molecule has 0 radical (unpaired) electrons. The van der Waals surface area contributed by atoms with E-state index in [0.29, 0.717) is 16.3 Å². The van der Waals surface area contributed by atoms with E-state index in [1.807, 2.05) is 6.07 Å². The molecule has 0 amide bonds. The molecular formula is C12H8ClIO2. The number of hydrogen-bond acceptors (Lipinski definition) is 2. The zero-order valence-corrected chi connectivity index (χ0v) is 11.4. The van der Waals surface area contributed by atoms with E-state index in [1.54, 1.807) is 31.2 Å². The number of aryl methyl sites for hydroxylation is 1. The van der Waals surface area contributed by atoms with Gasteiger partial charge in [0.1, 0.15) is 5.76 Å². The highest BCUT2D eigenvalue weighted by Gasteiger charge is 2.16. The summed E-state index contributed by atoms with van der Waals surface area (Å²) < 4.78 is 6.16. The van der Waals surface area contributed by atoms with E-state index < -0.39 is 0 Å². The lowest BCUT2D eigenvalue weighted by molar-refractivity contribution is 0.101. The Morgan fingerprint density at radius 3 is 2.69 bits per heavy atom. The van der Waals surface area contributed by atoms with Crippen LogP contribution in [0.15, 0.2) is 34.7 Å². The van der Waals surface area contributed by atoms with Crippen LogP contribution in [0.25, 0.3) is 0 Å². The van der Waals surface area contributed by atoms with Gasteiger partial charge in [0, 0.05) is 14.2 Å². The van der Waals surface area contributed by atoms with Crippen LogP contribution in [0, 0.1) is 10.5 Å². The van der Waals surface area contributed by atoms with Gasteiger partial charge in [-0.15, -0.1) is 0 Å². The van der Waals surface area contributed by atoms with Crippen molar-refractivity contribution in [2.45, 2.75) is 6.92 Å². The highest BCUT2D eigenvalue weighted by Crippen LogP contribution is 2.21. The van der Waals surface area contributed by atoms with Crippen molar-refractivity contribution >= 4 is 40.0 Å². The molecule has 0 saturated heterocycles. The van der Waals surface area contributed by atoms with Crippen molar-refractivity contribution in [3.05, 3.63) is 56.0 Å². The fraction of sp³-hybridized carbons (Fsp3) is 0.0833. The van der Waals surface area contributed by atoms with Crippen molar-refractivity contribution in [1.82, 2.24) is 0 Å². The van der Waals surface area contributed by atoms with Gasteiger partial charge in [-0.1, -0.05) is 11.6 Å². The zero-order valence-electron chi connectivity index (χ0n) is 8.46. The number of carbonyl (C=O) groups excluding carboxylic acids is 1. The van der Waals surface area contributed by atoms with E-state index in [-0.39, 0.29) is 5.78 Å². The summed E-state index contributed by atoms with van der Waals surface area (Å²) in [5, 5.41) is 0.548. The van der Waals surface area contributed by atoms with Crippen LogP contribution in [0.5, 0.6) is 0 Å². The van der Waals surface area contributed by atoms with E-state index in [2.05, 4.69) is 22.6 Å². The first-order valence-corrected chi connectivity index (χ1v) is 6.10. The van der Waals surface area contributed by atoms with Gasteiger partial charge in [-0.3, -0.25) is 4.79 Å². The molecule has 0 atom stereocenters. The third-order valence-corrected chi connectivity index (χ3v) is 3.31. The summed E-state index contributed by atoms with van der Waals surface area (Å²) in [6.45, 7) is 1.81. The summed E-state index contributed by atoms with van der Waals surface area (Å²) in [5.41, 5.74) is 0.572. The number of carbonyl (C=O) groups is 1. The van der Waals surface area contributed by atoms with E-state index in [9.17, 15) is 4.79 Å². The normalized spacial score (nSPS) is 10.4. The number of rotatable bonds is 2. The molecule has 1 heterocycles. The topological polar surface area (TPSA) is 30.2 Å². The summed E-state index contributed by atoms with van der Waals surface area (Å²) in [7, 11) is 0. The Bertz CT molecular complexity index is 546. The van der Waals surface area contributed by atoms with Gasteiger partial charge < -0.3 is 4.42 Å². The van der Waals surface area contributed by atoms with Gasteiger partial charge in [0.25, 0.3) is 0 Å². The zero-order chi connectivity index (χ0) is 11.7. The van der Waals surface area contributed by atoms with Crippen LogP contribution >= 0.6 is 34.2 Å². The number of hydrogen-bond donors (Lipinski definition) is 0. The van der Waals surface area contributed by atoms with Crippen LogP contribution in [0.1, 0.15) is 21.9 Å². The van der Waals surface area contributed by atoms with Crippen LogP contribution in [0.3, 0.4) is 0 Å². The van der Waals surface area contributed by atoms with Gasteiger partial charge in [-0.2, -0.15) is 0 Å². The predicted molar refractivity (Wildman–Crippen MR) is 71.0 cm³/mol. The lowest BCUT2D eigenvalue weighted by Crippen LogP contribution is -2.02. The van der Waals surface area contributed by atoms with Crippen molar-refractivity contribution in [2.24, 2.45) is 0 Å². The fourth-order valence-electron chi connectivity index (χ4n) is 1.36. The average molecular weight is 347 g/mol. The predicted octanol–water partition coefficient (Wildman–Crippen LogP) is 4.08. The Morgan fingerprint density at radius 1 is 1.31 bits per heavy atom. The molecule has 2 aromatic rings. The largest absolute Gasteiger partial charge is 0.458 e. The molecule has 2 nitrogen and oxygen atoms in total. The molecule has 0 spiro atoms. The second-order valence-corrected chi connectivity index (χ2v) is 4.96. The summed E-state index contributed by atoms with van der Waals surface area (Å²) >= 11 is 7.97. The molecule has 0 bridgehead atoms. The highest BCUT2D eigenvalue weighted by atomic mass is 127. The van der Waals surface area contributed by atoms with Crippen molar-refractivity contribution in [1.29, 1.82) is 0 Å². The van der Waals surface area contributed by atoms with E-state index in [4.69, 9.17) is 16.0 Å². The first-order valence-electron chi connectivity index (χ1n) is 4.64. The number of halogens is 2. The average Bonchev–Trinajstić information content (AvgIpc) is 2.67. The third kappa shape index (κ3) is 2.30. The van der Waals surface area contributed by atoms with Crippen molar-refractivity contribution in [2.75, 3.05) is 0 Å². The van der Waals surface area contributed by atoms with Gasteiger partial charge in [0.2, 0.25) is 5.78 Å². The molecule has 0 aliphatic heterocycles. The lowest BCUT2D eigenvalue weighted by atomic mass is 10.1. The molecule has 1 aromatic carbocycles. The minimum Gasteiger partial charge on any atom is -0.458 e. The van der Waals surface area contributed by atoms with E-state index in [1.165, 1.54) is 0 Å². The monoisotopic (exact) mass is 346 g/mol. The summed E-state index contributed by atoms with van der Waals surface area (Å²) in [4.78, 5) is 12.1. The molecule has 0 aliphatic carbocycles. The maximum atomic E-state index is 12.1. The Labute approximate surface area is 112 Å². The van der Waals surface area contributed by atoms with E-state index >= 15 is 0 Å². The third-order valence-electron chi connectivity index (χ3n) is 2.14. The van der Waals surface area contributed by atoms with Crippen LogP contribution in [0.4, 0.5) is 0 Å². The molecule has 16 heavy (non-hydrogen) atoms. The minimum atomic E-state index is -0.139. The second kappa shape index (κ2) is 4.59. The molecule has 0 saturated carbocycles. The van der Waals surface area contributed by atoms with Gasteiger partial charge in [-0.25, -0.2) is 0 Å². The first-order chi connectivity index (χ1) is 7.58. The second-order valence-electron chi connectivity index (χ2n) is 3.36. The van der Waals surface area contributed by atoms with Gasteiger partial charge in [0.05, 0.1) is 0 Å². The molecule has 0 N–H and O–H groups in total. The molecule has 1 aromatic heterocycles. The Hall–Kier alpha value is -0.810. The number of ketones is 1. The minimum absolute atomic E-state index is 0.139. The fourth-order valence-corrected chi connectivity index (χ4v) is 2.11. The highest BCUT2D eigenvalue weighted by molar-refractivity contribution is 14.1. The van der Waals surface area contributed by atoms with Crippen LogP contribution < -0.4 is 0 Å². The van der Waals surface area contributed by atoms with Crippen LogP contribution in [0.2, 0.25) is 5.02 Å². The molecule has 2 rings (SSSR count). The van der Waals surface area contributed by atoms with Crippen molar-refractivity contribution in [3.8, 4) is 0 Å². The lowest BCUT2D eigenvalue weighted by Gasteiger charge is -2.01. The first kappa shape index (κ1) is 11.7. The van der Waals surface area contributed by atoms with Gasteiger partial charge in [-0.05, 0) is 59.8 Å². The molecule has 0 unspecified atom stereocenters. The van der Waals surface area contributed by atoms with Crippen molar-refractivity contribution in [3.63, 3.8) is 0 Å². The maximum absolute atomic E-state index is 12.1. The molecule has 4 heteroatoms. The quantitative estimate of drug-likeness (QED) is 0.606. The summed E-state index contributed by atoms with van der Waals surface area (Å²) in [6, 6.07) is 8.67. The molecule has 82 valence electrons. The number of benzene rings is 1.